The molecule has 0 spiro atoms. The minimum atomic E-state index is 0.462. The van der Waals surface area contributed by atoms with Gasteiger partial charge in [-0.1, -0.05) is 32.4 Å². The van der Waals surface area contributed by atoms with E-state index in [1.807, 2.05) is 38.2 Å². The molecule has 0 saturated heterocycles. The summed E-state index contributed by atoms with van der Waals surface area (Å²) in [6.07, 6.45) is 4.37. The molecule has 0 N–H and O–H groups in total. The number of hydrogen-bond donors (Lipinski definition) is 0. The Kier molecular flexibility index (Phi) is 8.62. The van der Waals surface area contributed by atoms with Gasteiger partial charge in [0.2, 0.25) is 12.3 Å². The highest BCUT2D eigenvalue weighted by Crippen LogP contribution is 2.27. The van der Waals surface area contributed by atoms with Crippen LogP contribution in [0.2, 0.25) is 5.02 Å². The SMILES string of the molecule is CC.CCCn1ccc2c(Cl)c(C#N)ccc21.N#Cc1ccc(-c2nnco2)cc1. The largest absolute Gasteiger partial charge is 0.423 e. The molecule has 152 valence electrons. The number of nitriles is 2. The molecular formula is C23H22ClN5O. The maximum absolute atomic E-state index is 8.85. The minimum Gasteiger partial charge on any atom is -0.423 e. The summed E-state index contributed by atoms with van der Waals surface area (Å²) in [4.78, 5) is 0. The molecule has 0 saturated carbocycles. The van der Waals surface area contributed by atoms with E-state index in [4.69, 9.17) is 26.5 Å². The van der Waals surface area contributed by atoms with Crippen LogP contribution in [0.25, 0.3) is 22.4 Å². The maximum Gasteiger partial charge on any atom is 0.247 e. The number of rotatable bonds is 3. The molecule has 2 aromatic heterocycles. The Labute approximate surface area is 181 Å². The van der Waals surface area contributed by atoms with Crippen molar-refractivity contribution in [1.82, 2.24) is 14.8 Å². The van der Waals surface area contributed by atoms with E-state index in [-0.39, 0.29) is 0 Å². The Morgan fingerprint density at radius 2 is 1.77 bits per heavy atom. The Morgan fingerprint density at radius 3 is 2.33 bits per heavy atom. The van der Waals surface area contributed by atoms with Gasteiger partial charge < -0.3 is 8.98 Å². The summed E-state index contributed by atoms with van der Waals surface area (Å²) in [6, 6.07) is 16.8. The molecule has 0 radical (unpaired) electrons. The van der Waals surface area contributed by atoms with Crippen LogP contribution < -0.4 is 0 Å². The first-order chi connectivity index (χ1) is 14.7. The van der Waals surface area contributed by atoms with Crippen LogP contribution in [0.4, 0.5) is 0 Å². The van der Waals surface area contributed by atoms with E-state index in [2.05, 4.69) is 27.8 Å². The van der Waals surface area contributed by atoms with E-state index in [0.29, 0.717) is 22.0 Å². The molecule has 0 unspecified atom stereocenters. The third-order valence-corrected chi connectivity index (χ3v) is 4.50. The number of hydrogen-bond acceptors (Lipinski definition) is 5. The average molecular weight is 420 g/mol. The van der Waals surface area contributed by atoms with Gasteiger partial charge in [0.15, 0.2) is 0 Å². The minimum absolute atomic E-state index is 0.462. The van der Waals surface area contributed by atoms with Gasteiger partial charge in [-0.15, -0.1) is 10.2 Å². The summed E-state index contributed by atoms with van der Waals surface area (Å²) in [6.45, 7) is 7.11. The molecule has 0 fully saturated rings. The van der Waals surface area contributed by atoms with E-state index in [9.17, 15) is 0 Å². The highest BCUT2D eigenvalue weighted by Gasteiger charge is 2.08. The zero-order chi connectivity index (χ0) is 21.9. The third-order valence-electron chi connectivity index (χ3n) is 4.09. The number of fused-ring (bicyclic) bond motifs is 1. The number of nitrogens with zero attached hydrogens (tertiary/aromatic N) is 5. The molecule has 4 rings (SSSR count). The molecule has 0 aliphatic rings. The highest BCUT2D eigenvalue weighted by atomic mass is 35.5. The molecule has 7 heteroatoms. The second-order valence-corrected chi connectivity index (χ2v) is 6.29. The van der Waals surface area contributed by atoms with Crippen molar-refractivity contribution in [2.24, 2.45) is 0 Å². The monoisotopic (exact) mass is 419 g/mol. The third kappa shape index (κ3) is 5.26. The van der Waals surface area contributed by atoms with Crippen LogP contribution in [-0.2, 0) is 6.54 Å². The predicted molar refractivity (Wildman–Crippen MR) is 118 cm³/mol. The van der Waals surface area contributed by atoms with Crippen molar-refractivity contribution in [2.45, 2.75) is 33.7 Å². The van der Waals surface area contributed by atoms with Crippen molar-refractivity contribution in [3.8, 4) is 23.6 Å². The van der Waals surface area contributed by atoms with Gasteiger partial charge in [-0.05, 0) is 48.9 Å². The van der Waals surface area contributed by atoms with Crippen LogP contribution in [-0.4, -0.2) is 14.8 Å². The Bertz CT molecular complexity index is 1150. The van der Waals surface area contributed by atoms with Crippen molar-refractivity contribution in [1.29, 1.82) is 10.5 Å². The standard InChI is InChI=1S/C12H11ClN2.C9H5N3O.C2H6/c1-2-6-15-7-5-10-11(15)4-3-9(8-14)12(10)13;10-5-7-1-3-8(4-2-7)9-12-11-6-13-9;1-2/h3-5,7H,2,6H2,1H3;1-4,6H;1-2H3. The molecule has 0 aliphatic carbocycles. The number of aromatic nitrogens is 3. The van der Waals surface area contributed by atoms with E-state index < -0.39 is 0 Å². The van der Waals surface area contributed by atoms with Crippen molar-refractivity contribution in [2.75, 3.05) is 0 Å². The lowest BCUT2D eigenvalue weighted by Crippen LogP contribution is -1.93. The van der Waals surface area contributed by atoms with Crippen molar-refractivity contribution in [3.05, 3.63) is 71.2 Å². The van der Waals surface area contributed by atoms with Crippen LogP contribution in [0.15, 0.2) is 59.5 Å². The van der Waals surface area contributed by atoms with Gasteiger partial charge in [0.1, 0.15) is 6.07 Å². The molecule has 4 aromatic rings. The van der Waals surface area contributed by atoms with Gasteiger partial charge in [0, 0.05) is 29.2 Å². The van der Waals surface area contributed by atoms with Gasteiger partial charge >= 0.3 is 0 Å². The zero-order valence-corrected chi connectivity index (χ0v) is 17.9. The molecule has 0 amide bonds. The van der Waals surface area contributed by atoms with Crippen LogP contribution in [0.5, 0.6) is 0 Å². The van der Waals surface area contributed by atoms with Crippen LogP contribution in [0, 0.1) is 22.7 Å². The van der Waals surface area contributed by atoms with Crippen LogP contribution >= 0.6 is 11.6 Å². The summed E-state index contributed by atoms with van der Waals surface area (Å²) in [7, 11) is 0. The lowest BCUT2D eigenvalue weighted by atomic mass is 10.1. The molecule has 30 heavy (non-hydrogen) atoms. The second-order valence-electron chi connectivity index (χ2n) is 5.91. The zero-order valence-electron chi connectivity index (χ0n) is 17.1. The van der Waals surface area contributed by atoms with Gasteiger partial charge in [0.25, 0.3) is 0 Å². The molecule has 0 atom stereocenters. The first kappa shape index (κ1) is 22.7. The summed E-state index contributed by atoms with van der Waals surface area (Å²) >= 11 is 6.12. The lowest BCUT2D eigenvalue weighted by molar-refractivity contribution is 0.568. The Hall–Kier alpha value is -3.61. The second kappa shape index (κ2) is 11.4. The van der Waals surface area contributed by atoms with Gasteiger partial charge in [-0.25, -0.2) is 0 Å². The van der Waals surface area contributed by atoms with E-state index in [0.717, 1.165) is 29.4 Å². The Balaban J connectivity index is 0.000000199. The summed E-state index contributed by atoms with van der Waals surface area (Å²) in [5, 5.41) is 26.2. The van der Waals surface area contributed by atoms with E-state index in [1.165, 1.54) is 6.39 Å². The van der Waals surface area contributed by atoms with Gasteiger partial charge in [0.05, 0.1) is 22.2 Å². The van der Waals surface area contributed by atoms with E-state index in [1.54, 1.807) is 30.3 Å². The van der Waals surface area contributed by atoms with Crippen LogP contribution in [0.1, 0.15) is 38.3 Å². The molecule has 6 nitrogen and oxygen atoms in total. The summed E-state index contributed by atoms with van der Waals surface area (Å²) in [5.41, 5.74) is 3.07. The van der Waals surface area contributed by atoms with Crippen molar-refractivity contribution in [3.63, 3.8) is 0 Å². The van der Waals surface area contributed by atoms with Crippen LogP contribution in [0.3, 0.4) is 0 Å². The molecule has 2 heterocycles. The van der Waals surface area contributed by atoms with Gasteiger partial charge in [-0.2, -0.15) is 10.5 Å². The molecule has 0 aliphatic heterocycles. The number of aryl methyl sites for hydroxylation is 1. The fourth-order valence-electron chi connectivity index (χ4n) is 2.74. The normalized spacial score (nSPS) is 9.53. The van der Waals surface area contributed by atoms with Crippen molar-refractivity contribution < 1.29 is 4.42 Å². The molecule has 0 bridgehead atoms. The number of halogens is 1. The van der Waals surface area contributed by atoms with Gasteiger partial charge in [-0.3, -0.25) is 0 Å². The fraction of sp³-hybridized carbons (Fsp3) is 0.217. The van der Waals surface area contributed by atoms with E-state index >= 15 is 0 Å². The summed E-state index contributed by atoms with van der Waals surface area (Å²) < 4.78 is 7.14. The smallest absolute Gasteiger partial charge is 0.247 e. The first-order valence-corrected chi connectivity index (χ1v) is 9.99. The fourth-order valence-corrected chi connectivity index (χ4v) is 3.01. The number of benzene rings is 2. The maximum atomic E-state index is 8.85. The van der Waals surface area contributed by atoms with Crippen molar-refractivity contribution >= 4 is 22.5 Å². The predicted octanol–water partition coefficient (Wildman–Crippen LogP) is 6.21. The summed E-state index contributed by atoms with van der Waals surface area (Å²) in [5.74, 6) is 0.462. The average Bonchev–Trinajstić information content (AvgIpc) is 3.47. The quantitative estimate of drug-likeness (QED) is 0.393. The molecular weight excluding hydrogens is 398 g/mol. The Morgan fingerprint density at radius 1 is 1.03 bits per heavy atom. The first-order valence-electron chi connectivity index (χ1n) is 9.62. The lowest BCUT2D eigenvalue weighted by Gasteiger charge is -2.03. The molecule has 2 aromatic carbocycles. The topological polar surface area (TPSA) is 91.4 Å². The highest BCUT2D eigenvalue weighted by molar-refractivity contribution is 6.36.